The van der Waals surface area contributed by atoms with Crippen LogP contribution in [0.15, 0.2) is 59.3 Å². The van der Waals surface area contributed by atoms with Crippen LogP contribution < -0.4 is 15.5 Å². The van der Waals surface area contributed by atoms with Crippen molar-refractivity contribution >= 4 is 44.8 Å². The molecule has 4 aromatic rings. The highest BCUT2D eigenvalue weighted by molar-refractivity contribution is 9.10. The molecule has 0 unspecified atom stereocenters. The highest BCUT2D eigenvalue weighted by Crippen LogP contribution is 2.31. The first-order valence-electron chi connectivity index (χ1n) is 13.3. The van der Waals surface area contributed by atoms with Gasteiger partial charge in [-0.1, -0.05) is 12.1 Å². The number of nitrogens with one attached hydrogen (secondary N) is 2. The van der Waals surface area contributed by atoms with Crippen molar-refractivity contribution in [3.8, 4) is 5.82 Å². The predicted octanol–water partition coefficient (Wildman–Crippen LogP) is 5.49. The van der Waals surface area contributed by atoms with Gasteiger partial charge >= 0.3 is 0 Å². The summed E-state index contributed by atoms with van der Waals surface area (Å²) in [5.41, 5.74) is 7.88. The number of carbonyl (C=O) groups excluding carboxylic acids is 1. The third-order valence-corrected chi connectivity index (χ3v) is 8.38. The van der Waals surface area contributed by atoms with Crippen LogP contribution >= 0.6 is 15.9 Å². The number of aryl methyl sites for hydroxylation is 3. The van der Waals surface area contributed by atoms with Gasteiger partial charge in [-0.15, -0.1) is 0 Å². The first-order chi connectivity index (χ1) is 18.9. The van der Waals surface area contributed by atoms with Crippen LogP contribution in [0.5, 0.6) is 0 Å². The molecule has 39 heavy (non-hydrogen) atoms. The second-order valence-electron chi connectivity index (χ2n) is 10.4. The number of likely N-dealkylation sites (N-methyl/N-ethyl adjacent to an activating group) is 1. The summed E-state index contributed by atoms with van der Waals surface area (Å²) in [6, 6.07) is 14.3. The van der Waals surface area contributed by atoms with Gasteiger partial charge < -0.3 is 25.0 Å². The molecular formula is C30H32BrN7O. The van der Waals surface area contributed by atoms with Crippen molar-refractivity contribution in [3.05, 3.63) is 87.3 Å². The third-order valence-electron chi connectivity index (χ3n) is 7.72. The number of benzene rings is 2. The number of halogens is 1. The molecule has 2 aliphatic rings. The van der Waals surface area contributed by atoms with Crippen LogP contribution in [0.1, 0.15) is 32.7 Å². The van der Waals surface area contributed by atoms with Gasteiger partial charge in [0.05, 0.1) is 11.3 Å². The van der Waals surface area contributed by atoms with Crippen molar-refractivity contribution in [3.63, 3.8) is 0 Å². The molecule has 0 spiro atoms. The second kappa shape index (κ2) is 10.5. The van der Waals surface area contributed by atoms with Crippen molar-refractivity contribution in [1.82, 2.24) is 19.4 Å². The lowest BCUT2D eigenvalue weighted by Gasteiger charge is -2.34. The van der Waals surface area contributed by atoms with E-state index in [2.05, 4.69) is 73.5 Å². The minimum Gasteiger partial charge on any atom is -0.369 e. The zero-order valence-electron chi connectivity index (χ0n) is 22.5. The second-order valence-corrected chi connectivity index (χ2v) is 11.2. The molecule has 6 rings (SSSR count). The molecular weight excluding hydrogens is 554 g/mol. The van der Waals surface area contributed by atoms with Crippen molar-refractivity contribution in [2.75, 3.05) is 48.8 Å². The van der Waals surface area contributed by atoms with E-state index >= 15 is 0 Å². The molecule has 0 bridgehead atoms. The summed E-state index contributed by atoms with van der Waals surface area (Å²) in [6.45, 7) is 8.34. The minimum absolute atomic E-state index is 0.120. The van der Waals surface area contributed by atoms with Crippen LogP contribution in [0.2, 0.25) is 0 Å². The molecule has 0 saturated carbocycles. The van der Waals surface area contributed by atoms with Crippen molar-refractivity contribution in [2.24, 2.45) is 0 Å². The highest BCUT2D eigenvalue weighted by Gasteiger charge is 2.24. The average Bonchev–Trinajstić information content (AvgIpc) is 3.37. The van der Waals surface area contributed by atoms with Gasteiger partial charge in [-0.25, -0.2) is 4.98 Å². The SMILES string of the molecule is Cc1cc(N2CCN(C)CC2)ccc1Nc1ncc2c(n1)-n1ccc(C(=O)Nc3c(C)cccc3Br)c1CC2. The van der Waals surface area contributed by atoms with Gasteiger partial charge in [0.1, 0.15) is 5.82 Å². The summed E-state index contributed by atoms with van der Waals surface area (Å²) in [5.74, 6) is 1.24. The first kappa shape index (κ1) is 25.6. The van der Waals surface area contributed by atoms with Crippen LogP contribution in [0, 0.1) is 13.8 Å². The third kappa shape index (κ3) is 5.04. The van der Waals surface area contributed by atoms with Crippen LogP contribution in [0.25, 0.3) is 5.82 Å². The van der Waals surface area contributed by atoms with Crippen LogP contribution in [0.3, 0.4) is 0 Å². The molecule has 4 heterocycles. The normalized spacial score (nSPS) is 15.0. The molecule has 0 aliphatic carbocycles. The van der Waals surface area contributed by atoms with Gasteiger partial charge in [0.2, 0.25) is 5.95 Å². The van der Waals surface area contributed by atoms with E-state index in [1.807, 2.05) is 48.1 Å². The van der Waals surface area contributed by atoms with Crippen LogP contribution in [-0.2, 0) is 12.8 Å². The Labute approximate surface area is 237 Å². The first-order valence-corrected chi connectivity index (χ1v) is 14.1. The molecule has 2 aliphatic heterocycles. The van der Waals surface area contributed by atoms with Crippen molar-refractivity contribution < 1.29 is 4.79 Å². The molecule has 8 nitrogen and oxygen atoms in total. The van der Waals surface area contributed by atoms with E-state index in [-0.39, 0.29) is 5.91 Å². The fourth-order valence-corrected chi connectivity index (χ4v) is 5.93. The molecule has 9 heteroatoms. The molecule has 2 N–H and O–H groups in total. The van der Waals surface area contributed by atoms with Gasteiger partial charge in [0.25, 0.3) is 5.91 Å². The molecule has 2 aromatic heterocycles. The predicted molar refractivity (Wildman–Crippen MR) is 160 cm³/mol. The Morgan fingerprint density at radius 2 is 1.82 bits per heavy atom. The largest absolute Gasteiger partial charge is 0.369 e. The molecule has 0 atom stereocenters. The van der Waals surface area contributed by atoms with Crippen molar-refractivity contribution in [2.45, 2.75) is 26.7 Å². The Hall–Kier alpha value is -3.69. The molecule has 1 saturated heterocycles. The topological polar surface area (TPSA) is 78.3 Å². The number of piperazine rings is 1. The van der Waals surface area contributed by atoms with Crippen molar-refractivity contribution in [1.29, 1.82) is 0 Å². The van der Waals surface area contributed by atoms with Gasteiger partial charge in [0.15, 0.2) is 0 Å². The monoisotopic (exact) mass is 585 g/mol. The summed E-state index contributed by atoms with van der Waals surface area (Å²) in [7, 11) is 2.17. The van der Waals surface area contributed by atoms with E-state index in [1.54, 1.807) is 0 Å². The summed E-state index contributed by atoms with van der Waals surface area (Å²) < 4.78 is 2.89. The zero-order chi connectivity index (χ0) is 27.1. The summed E-state index contributed by atoms with van der Waals surface area (Å²) in [5, 5.41) is 6.50. The Balaban J connectivity index is 1.23. The van der Waals surface area contributed by atoms with Crippen LogP contribution in [-0.4, -0.2) is 58.6 Å². The standard InChI is InChI=1S/C30H32BrN7O/c1-19-5-4-6-24(31)27(19)34-29(39)23-11-12-38-26(23)10-7-21-18-32-30(35-28(21)38)33-25-9-8-22(17-20(25)2)37-15-13-36(3)14-16-37/h4-6,8-9,11-12,17-18H,7,10,13-16H2,1-3H3,(H,34,39)(H,32,33,35). The van der Waals surface area contributed by atoms with Gasteiger partial charge in [0, 0.05) is 65.7 Å². The maximum absolute atomic E-state index is 13.3. The summed E-state index contributed by atoms with van der Waals surface area (Å²) >= 11 is 3.55. The number of anilines is 4. The smallest absolute Gasteiger partial charge is 0.257 e. The van der Waals surface area contributed by atoms with Gasteiger partial charge in [-0.05, 0) is 91.1 Å². The molecule has 200 valence electrons. The number of para-hydroxylation sites is 1. The van der Waals surface area contributed by atoms with Gasteiger partial charge in [-0.3, -0.25) is 4.79 Å². The van der Waals surface area contributed by atoms with E-state index < -0.39 is 0 Å². The summed E-state index contributed by atoms with van der Waals surface area (Å²) in [6.07, 6.45) is 5.36. The number of hydrogen-bond acceptors (Lipinski definition) is 6. The number of amides is 1. The number of carbonyl (C=O) groups is 1. The zero-order valence-corrected chi connectivity index (χ0v) is 24.0. The number of rotatable bonds is 5. The molecule has 1 amide bonds. The number of fused-ring (bicyclic) bond motifs is 3. The summed E-state index contributed by atoms with van der Waals surface area (Å²) in [4.78, 5) is 27.6. The number of nitrogens with zero attached hydrogens (tertiary/aromatic N) is 5. The van der Waals surface area contributed by atoms with E-state index in [9.17, 15) is 4.79 Å². The Bertz CT molecular complexity index is 1530. The maximum Gasteiger partial charge on any atom is 0.257 e. The minimum atomic E-state index is -0.120. The maximum atomic E-state index is 13.3. The molecule has 2 aromatic carbocycles. The van der Waals surface area contributed by atoms with E-state index in [0.717, 1.165) is 83.1 Å². The average molecular weight is 587 g/mol. The Morgan fingerprint density at radius 3 is 2.59 bits per heavy atom. The van der Waals surface area contributed by atoms with Gasteiger partial charge in [-0.2, -0.15) is 4.98 Å². The lowest BCUT2D eigenvalue weighted by Crippen LogP contribution is -2.44. The lowest BCUT2D eigenvalue weighted by molar-refractivity contribution is 0.102. The number of hydrogen-bond donors (Lipinski definition) is 2. The molecule has 1 fully saturated rings. The highest BCUT2D eigenvalue weighted by atomic mass is 79.9. The molecule has 0 radical (unpaired) electrons. The van der Waals surface area contributed by atoms with E-state index in [1.165, 1.54) is 5.69 Å². The Morgan fingerprint density at radius 1 is 1.00 bits per heavy atom. The van der Waals surface area contributed by atoms with E-state index in [0.29, 0.717) is 11.5 Å². The lowest BCUT2D eigenvalue weighted by atomic mass is 10.0. The number of aromatic nitrogens is 3. The Kier molecular flexibility index (Phi) is 6.86. The fourth-order valence-electron chi connectivity index (χ4n) is 5.36. The fraction of sp³-hybridized carbons (Fsp3) is 0.300. The quantitative estimate of drug-likeness (QED) is 0.322. The van der Waals surface area contributed by atoms with Crippen LogP contribution in [0.4, 0.5) is 23.0 Å². The van der Waals surface area contributed by atoms with E-state index in [4.69, 9.17) is 4.98 Å².